The second-order valence-electron chi connectivity index (χ2n) is 16.8. The highest BCUT2D eigenvalue weighted by Crippen LogP contribution is 2.43. The van der Waals surface area contributed by atoms with Crippen molar-refractivity contribution in [1.82, 2.24) is 0 Å². The summed E-state index contributed by atoms with van der Waals surface area (Å²) in [6.45, 7) is 0. The van der Waals surface area contributed by atoms with Gasteiger partial charge in [-0.15, -0.1) is 0 Å². The van der Waals surface area contributed by atoms with Gasteiger partial charge in [-0.2, -0.15) is 0 Å². The van der Waals surface area contributed by atoms with E-state index in [1.165, 1.54) is 27.5 Å². The van der Waals surface area contributed by atoms with Crippen LogP contribution in [-0.2, 0) is 0 Å². The lowest BCUT2D eigenvalue weighted by Gasteiger charge is -2.26. The van der Waals surface area contributed by atoms with Crippen LogP contribution in [0.4, 0.5) is 17.1 Å². The van der Waals surface area contributed by atoms with Crippen molar-refractivity contribution in [1.29, 1.82) is 0 Å². The van der Waals surface area contributed by atoms with Crippen LogP contribution in [0.25, 0.3) is 110 Å². The van der Waals surface area contributed by atoms with Gasteiger partial charge < -0.3 is 13.7 Å². The number of benzene rings is 11. The van der Waals surface area contributed by atoms with E-state index in [1.807, 2.05) is 0 Å². The van der Waals surface area contributed by atoms with Gasteiger partial charge in [-0.05, 0) is 92.7 Å². The van der Waals surface area contributed by atoms with Crippen LogP contribution in [-0.4, -0.2) is 0 Å². The van der Waals surface area contributed by atoms with E-state index in [4.69, 9.17) is 8.83 Å². The first-order chi connectivity index (χ1) is 32.2. The monoisotopic (exact) mass is 829 g/mol. The van der Waals surface area contributed by atoms with Crippen molar-refractivity contribution in [2.24, 2.45) is 0 Å². The molecule has 0 bridgehead atoms. The second kappa shape index (κ2) is 15.0. The number of para-hydroxylation sites is 2. The van der Waals surface area contributed by atoms with E-state index in [9.17, 15) is 0 Å². The molecule has 13 rings (SSSR count). The Morgan fingerprint density at radius 1 is 0.215 bits per heavy atom. The zero-order valence-corrected chi connectivity index (χ0v) is 35.3. The minimum absolute atomic E-state index is 0.902. The van der Waals surface area contributed by atoms with E-state index in [1.54, 1.807) is 0 Å². The third kappa shape index (κ3) is 6.20. The van der Waals surface area contributed by atoms with Gasteiger partial charge in [-0.25, -0.2) is 0 Å². The van der Waals surface area contributed by atoms with E-state index in [0.717, 1.165) is 99.5 Å². The average Bonchev–Trinajstić information content (AvgIpc) is 3.97. The number of nitrogens with zero attached hydrogens (tertiary/aromatic N) is 1. The third-order valence-electron chi connectivity index (χ3n) is 13.1. The minimum atomic E-state index is 0.902. The van der Waals surface area contributed by atoms with Gasteiger partial charge in [0.25, 0.3) is 0 Å². The molecule has 11 aromatic carbocycles. The molecule has 0 radical (unpaired) electrons. The van der Waals surface area contributed by atoms with Crippen LogP contribution in [0.15, 0.2) is 245 Å². The molecular formula is C62H39NO2. The topological polar surface area (TPSA) is 29.5 Å². The molecule has 0 aliphatic carbocycles. The van der Waals surface area contributed by atoms with Crippen LogP contribution in [0.2, 0.25) is 0 Å². The molecule has 0 spiro atoms. The first kappa shape index (κ1) is 36.9. The normalized spacial score (nSPS) is 11.7. The molecule has 0 atom stereocenters. The fourth-order valence-electron chi connectivity index (χ4n) is 9.82. The summed E-state index contributed by atoms with van der Waals surface area (Å²) in [7, 11) is 0. The lowest BCUT2D eigenvalue weighted by molar-refractivity contribution is 0.673. The van der Waals surface area contributed by atoms with Crippen molar-refractivity contribution in [2.75, 3.05) is 4.90 Å². The number of rotatable bonds is 7. The summed E-state index contributed by atoms with van der Waals surface area (Å²) in [5.41, 5.74) is 15.9. The molecule has 3 nitrogen and oxygen atoms in total. The van der Waals surface area contributed by atoms with E-state index in [0.29, 0.717) is 0 Å². The SMILES string of the molecule is c1ccc(-c2ccc(-c3ccc(N(c4ccc(-c5cccc6c5oc5c7ccccc7ccc65)cc4)c4ccc(-c5cccc6c5oc5c7ccccc7ccc65)cc4)cc3)cc2)cc1. The van der Waals surface area contributed by atoms with Crippen LogP contribution in [0.3, 0.4) is 0 Å². The van der Waals surface area contributed by atoms with E-state index in [2.05, 4.69) is 241 Å². The van der Waals surface area contributed by atoms with Crippen LogP contribution in [0.5, 0.6) is 0 Å². The Labute approximate surface area is 375 Å². The highest BCUT2D eigenvalue weighted by molar-refractivity contribution is 6.18. The highest BCUT2D eigenvalue weighted by Gasteiger charge is 2.19. The summed E-state index contributed by atoms with van der Waals surface area (Å²) in [6, 6.07) is 84.5. The number of hydrogen-bond acceptors (Lipinski definition) is 3. The largest absolute Gasteiger partial charge is 0.455 e. The fraction of sp³-hybridized carbons (Fsp3) is 0. The lowest BCUT2D eigenvalue weighted by atomic mass is 9.99. The Balaban J connectivity index is 0.889. The maximum atomic E-state index is 6.74. The van der Waals surface area contributed by atoms with Crippen LogP contribution >= 0.6 is 0 Å². The molecule has 13 aromatic rings. The molecule has 0 saturated carbocycles. The van der Waals surface area contributed by atoms with Gasteiger partial charge in [0.05, 0.1) is 0 Å². The van der Waals surface area contributed by atoms with Crippen molar-refractivity contribution in [3.05, 3.63) is 237 Å². The summed E-state index contributed by atoms with van der Waals surface area (Å²) in [5, 5.41) is 9.11. The molecule has 2 heterocycles. The quantitative estimate of drug-likeness (QED) is 0.160. The lowest BCUT2D eigenvalue weighted by Crippen LogP contribution is -2.09. The molecule has 304 valence electrons. The number of anilines is 3. The van der Waals surface area contributed by atoms with E-state index >= 15 is 0 Å². The number of fused-ring (bicyclic) bond motifs is 10. The summed E-state index contributed by atoms with van der Waals surface area (Å²) < 4.78 is 13.5. The summed E-state index contributed by atoms with van der Waals surface area (Å²) in [6.07, 6.45) is 0. The molecular weight excluding hydrogens is 791 g/mol. The average molecular weight is 830 g/mol. The molecule has 0 aliphatic rings. The van der Waals surface area contributed by atoms with Gasteiger partial charge in [0.15, 0.2) is 0 Å². The van der Waals surface area contributed by atoms with Crippen LogP contribution < -0.4 is 4.90 Å². The van der Waals surface area contributed by atoms with Gasteiger partial charge in [0, 0.05) is 60.5 Å². The molecule has 0 fully saturated rings. The van der Waals surface area contributed by atoms with Crippen molar-refractivity contribution < 1.29 is 8.83 Å². The molecule has 3 heteroatoms. The van der Waals surface area contributed by atoms with Gasteiger partial charge >= 0.3 is 0 Å². The summed E-state index contributed by atoms with van der Waals surface area (Å²) in [4.78, 5) is 2.33. The predicted octanol–water partition coefficient (Wildman–Crippen LogP) is 17.9. The predicted molar refractivity (Wildman–Crippen MR) is 272 cm³/mol. The fourth-order valence-corrected chi connectivity index (χ4v) is 9.82. The van der Waals surface area contributed by atoms with Crippen molar-refractivity contribution >= 4 is 82.5 Å². The summed E-state index contributed by atoms with van der Waals surface area (Å²) >= 11 is 0. The smallest absolute Gasteiger partial charge is 0.143 e. The maximum Gasteiger partial charge on any atom is 0.143 e. The van der Waals surface area contributed by atoms with Gasteiger partial charge in [-0.1, -0.05) is 188 Å². The molecule has 0 saturated heterocycles. The number of hydrogen-bond donors (Lipinski definition) is 0. The highest BCUT2D eigenvalue weighted by atomic mass is 16.3. The standard InChI is InChI=1S/C62H39NO2/c1-2-10-40(11-3-1)41-20-22-42(23-21-41)43-24-32-48(33-25-43)63(49-34-26-46(27-35-49)53-16-8-18-55-57-38-30-44-12-4-6-14-51(44)61(57)64-59(53)55)50-36-28-47(29-37-50)54-17-9-19-56-58-39-31-45-13-5-7-15-52(45)62(58)65-60(54)56/h1-39H. The third-order valence-corrected chi connectivity index (χ3v) is 13.1. The first-order valence-corrected chi connectivity index (χ1v) is 22.1. The minimum Gasteiger partial charge on any atom is -0.455 e. The van der Waals surface area contributed by atoms with Gasteiger partial charge in [0.1, 0.15) is 22.3 Å². The Morgan fingerprint density at radius 3 is 1.00 bits per heavy atom. The van der Waals surface area contributed by atoms with Gasteiger partial charge in [-0.3, -0.25) is 0 Å². The molecule has 2 aromatic heterocycles. The van der Waals surface area contributed by atoms with E-state index in [-0.39, 0.29) is 0 Å². The second-order valence-corrected chi connectivity index (χ2v) is 16.8. The maximum absolute atomic E-state index is 6.74. The number of furan rings is 2. The molecule has 65 heavy (non-hydrogen) atoms. The Bertz CT molecular complexity index is 3700. The Hall–Kier alpha value is -8.66. The van der Waals surface area contributed by atoms with Gasteiger partial charge in [0.2, 0.25) is 0 Å². The first-order valence-electron chi connectivity index (χ1n) is 22.1. The Kier molecular flexibility index (Phi) is 8.53. The van der Waals surface area contributed by atoms with Crippen LogP contribution in [0, 0.1) is 0 Å². The molecule has 0 unspecified atom stereocenters. The van der Waals surface area contributed by atoms with E-state index < -0.39 is 0 Å². The molecule has 0 N–H and O–H groups in total. The molecule has 0 aliphatic heterocycles. The zero-order valence-electron chi connectivity index (χ0n) is 35.3. The summed E-state index contributed by atoms with van der Waals surface area (Å²) in [5.74, 6) is 0. The van der Waals surface area contributed by atoms with Crippen molar-refractivity contribution in [3.8, 4) is 44.5 Å². The van der Waals surface area contributed by atoms with Crippen LogP contribution in [0.1, 0.15) is 0 Å². The Morgan fingerprint density at radius 2 is 0.554 bits per heavy atom. The zero-order chi connectivity index (χ0) is 42.8. The molecule has 0 amide bonds. The van der Waals surface area contributed by atoms with Crippen molar-refractivity contribution in [3.63, 3.8) is 0 Å². The van der Waals surface area contributed by atoms with Crippen molar-refractivity contribution in [2.45, 2.75) is 0 Å².